The summed E-state index contributed by atoms with van der Waals surface area (Å²) in [5, 5.41) is 1.99. The lowest BCUT2D eigenvalue weighted by molar-refractivity contribution is 0.366. The van der Waals surface area contributed by atoms with Crippen molar-refractivity contribution < 1.29 is 14.2 Å². The van der Waals surface area contributed by atoms with Crippen LogP contribution in [0.4, 0.5) is 0 Å². The monoisotopic (exact) mass is 357 g/mol. The van der Waals surface area contributed by atoms with E-state index in [2.05, 4.69) is 15.9 Å². The van der Waals surface area contributed by atoms with Crippen molar-refractivity contribution in [3.8, 4) is 17.2 Å². The first-order valence-electron chi connectivity index (χ1n) is 5.90. The summed E-state index contributed by atoms with van der Waals surface area (Å²) in [7, 11) is 4.81. The minimum Gasteiger partial charge on any atom is -0.496 e. The summed E-state index contributed by atoms with van der Waals surface area (Å²) in [5.74, 6) is 1.96. The van der Waals surface area contributed by atoms with E-state index in [-0.39, 0.29) is 6.04 Å². The van der Waals surface area contributed by atoms with Crippen molar-refractivity contribution in [1.29, 1.82) is 0 Å². The van der Waals surface area contributed by atoms with Crippen LogP contribution in [0.1, 0.15) is 16.5 Å². The lowest BCUT2D eigenvalue weighted by Crippen LogP contribution is -2.14. The summed E-state index contributed by atoms with van der Waals surface area (Å²) in [5.41, 5.74) is 7.19. The largest absolute Gasteiger partial charge is 0.496 e. The van der Waals surface area contributed by atoms with Gasteiger partial charge in [-0.25, -0.2) is 0 Å². The van der Waals surface area contributed by atoms with Gasteiger partial charge in [0.05, 0.1) is 32.9 Å². The van der Waals surface area contributed by atoms with Gasteiger partial charge in [-0.2, -0.15) is 0 Å². The highest BCUT2D eigenvalue weighted by atomic mass is 79.9. The molecular weight excluding hydrogens is 342 g/mol. The zero-order valence-corrected chi connectivity index (χ0v) is 13.9. The Morgan fingerprint density at radius 3 is 2.10 bits per heavy atom. The molecule has 1 aromatic heterocycles. The number of nitrogens with two attached hydrogens (primary N) is 1. The first-order valence-corrected chi connectivity index (χ1v) is 7.58. The van der Waals surface area contributed by atoms with Crippen molar-refractivity contribution in [2.45, 2.75) is 6.04 Å². The smallest absolute Gasteiger partial charge is 0.131 e. The van der Waals surface area contributed by atoms with Crippen LogP contribution in [0.25, 0.3) is 0 Å². The number of hydrogen-bond donors (Lipinski definition) is 1. The molecule has 2 rings (SSSR count). The van der Waals surface area contributed by atoms with E-state index in [1.54, 1.807) is 44.8 Å². The van der Waals surface area contributed by atoms with Gasteiger partial charge in [-0.05, 0) is 27.4 Å². The topological polar surface area (TPSA) is 53.7 Å². The summed E-state index contributed by atoms with van der Waals surface area (Å²) >= 11 is 5.10. The van der Waals surface area contributed by atoms with Gasteiger partial charge in [-0.15, -0.1) is 11.3 Å². The third kappa shape index (κ3) is 2.77. The Morgan fingerprint density at radius 2 is 1.70 bits per heavy atom. The van der Waals surface area contributed by atoms with E-state index in [4.69, 9.17) is 19.9 Å². The Morgan fingerprint density at radius 1 is 1.10 bits per heavy atom. The van der Waals surface area contributed by atoms with Gasteiger partial charge in [0, 0.05) is 21.5 Å². The number of hydrogen-bond acceptors (Lipinski definition) is 5. The number of methoxy groups -OCH3 is 3. The molecule has 1 heterocycles. The van der Waals surface area contributed by atoms with Gasteiger partial charge in [0.25, 0.3) is 0 Å². The van der Waals surface area contributed by atoms with Gasteiger partial charge in [-0.3, -0.25) is 0 Å². The lowest BCUT2D eigenvalue weighted by atomic mass is 10.0. The fraction of sp³-hybridized carbons (Fsp3) is 0.286. The Balaban J connectivity index is 2.57. The molecule has 0 amide bonds. The Kier molecular flexibility index (Phi) is 4.91. The molecule has 2 N–H and O–H groups in total. The number of thiophene rings is 1. The number of ether oxygens (including phenoxy) is 3. The molecule has 6 heteroatoms. The molecule has 0 bridgehead atoms. The minimum atomic E-state index is -0.333. The molecule has 0 radical (unpaired) electrons. The average Bonchev–Trinajstić information content (AvgIpc) is 2.91. The predicted octanol–water partition coefficient (Wildman–Crippen LogP) is 3.58. The van der Waals surface area contributed by atoms with Gasteiger partial charge in [0.2, 0.25) is 0 Å². The number of rotatable bonds is 5. The third-order valence-electron chi connectivity index (χ3n) is 2.99. The molecule has 1 aromatic carbocycles. The Hall–Kier alpha value is -1.24. The molecule has 0 aliphatic heterocycles. The van der Waals surface area contributed by atoms with E-state index >= 15 is 0 Å². The Labute approximate surface area is 130 Å². The molecule has 0 fully saturated rings. The Bertz CT molecular complexity index is 575. The number of halogens is 1. The van der Waals surface area contributed by atoms with Crippen molar-refractivity contribution in [3.63, 3.8) is 0 Å². The van der Waals surface area contributed by atoms with Crippen LogP contribution in [0.5, 0.6) is 17.2 Å². The van der Waals surface area contributed by atoms with Crippen LogP contribution < -0.4 is 19.9 Å². The summed E-state index contributed by atoms with van der Waals surface area (Å²) in [6, 6.07) is 5.25. The maximum Gasteiger partial charge on any atom is 0.131 e. The molecule has 20 heavy (non-hydrogen) atoms. The third-order valence-corrected chi connectivity index (χ3v) is 4.95. The van der Waals surface area contributed by atoms with Crippen LogP contribution in [0, 0.1) is 0 Å². The second-order valence-corrected chi connectivity index (χ2v) is 5.86. The predicted molar refractivity (Wildman–Crippen MR) is 84.1 cm³/mol. The first kappa shape index (κ1) is 15.2. The van der Waals surface area contributed by atoms with Gasteiger partial charge in [0.1, 0.15) is 17.2 Å². The SMILES string of the molecule is COc1cc(OC)c(C(N)c2sccc2Br)c(OC)c1. The van der Waals surface area contributed by atoms with E-state index in [1.165, 1.54) is 0 Å². The molecule has 0 spiro atoms. The van der Waals surface area contributed by atoms with Crippen LogP contribution in [-0.4, -0.2) is 21.3 Å². The second kappa shape index (κ2) is 6.47. The summed E-state index contributed by atoms with van der Waals surface area (Å²) in [4.78, 5) is 1.02. The average molecular weight is 358 g/mol. The van der Waals surface area contributed by atoms with Gasteiger partial charge < -0.3 is 19.9 Å². The molecule has 0 saturated carbocycles. The van der Waals surface area contributed by atoms with Crippen molar-refractivity contribution in [2.75, 3.05) is 21.3 Å². The maximum absolute atomic E-state index is 6.39. The van der Waals surface area contributed by atoms with E-state index in [0.29, 0.717) is 17.2 Å². The van der Waals surface area contributed by atoms with Gasteiger partial charge in [0.15, 0.2) is 0 Å². The fourth-order valence-corrected chi connectivity index (χ4v) is 3.63. The van der Waals surface area contributed by atoms with E-state index < -0.39 is 0 Å². The molecule has 0 aliphatic carbocycles. The van der Waals surface area contributed by atoms with Crippen molar-refractivity contribution in [3.05, 3.63) is 38.5 Å². The molecule has 2 aromatic rings. The zero-order chi connectivity index (χ0) is 14.7. The minimum absolute atomic E-state index is 0.333. The highest BCUT2D eigenvalue weighted by molar-refractivity contribution is 9.10. The normalized spacial score (nSPS) is 12.1. The van der Waals surface area contributed by atoms with Gasteiger partial charge in [-0.1, -0.05) is 0 Å². The molecular formula is C14H16BrNO3S. The molecule has 4 nitrogen and oxygen atoms in total. The van der Waals surface area contributed by atoms with Crippen LogP contribution in [0.15, 0.2) is 28.1 Å². The van der Waals surface area contributed by atoms with Crippen molar-refractivity contribution >= 4 is 27.3 Å². The van der Waals surface area contributed by atoms with Gasteiger partial charge >= 0.3 is 0 Å². The lowest BCUT2D eigenvalue weighted by Gasteiger charge is -2.19. The highest BCUT2D eigenvalue weighted by Crippen LogP contribution is 2.42. The standard InChI is InChI=1S/C14H16BrNO3S/c1-17-8-6-10(18-2)12(11(7-8)19-3)13(16)14-9(15)4-5-20-14/h4-7,13H,16H2,1-3H3. The molecule has 1 atom stereocenters. The summed E-state index contributed by atoms with van der Waals surface area (Å²) < 4.78 is 17.1. The van der Waals surface area contributed by atoms with Crippen molar-refractivity contribution in [2.24, 2.45) is 5.73 Å². The van der Waals surface area contributed by atoms with E-state index in [9.17, 15) is 0 Å². The quantitative estimate of drug-likeness (QED) is 0.888. The number of benzene rings is 1. The molecule has 0 aliphatic rings. The van der Waals surface area contributed by atoms with E-state index in [1.807, 2.05) is 11.4 Å². The summed E-state index contributed by atoms with van der Waals surface area (Å²) in [6.45, 7) is 0. The first-order chi connectivity index (χ1) is 9.62. The zero-order valence-electron chi connectivity index (χ0n) is 11.5. The maximum atomic E-state index is 6.39. The van der Waals surface area contributed by atoms with Crippen LogP contribution in [0.3, 0.4) is 0 Å². The van der Waals surface area contributed by atoms with Crippen LogP contribution in [-0.2, 0) is 0 Å². The van der Waals surface area contributed by atoms with Crippen LogP contribution in [0.2, 0.25) is 0 Å². The highest BCUT2D eigenvalue weighted by Gasteiger charge is 2.23. The second-order valence-electron chi connectivity index (χ2n) is 4.06. The fourth-order valence-electron chi connectivity index (χ4n) is 2.00. The van der Waals surface area contributed by atoms with E-state index in [0.717, 1.165) is 14.9 Å². The summed E-state index contributed by atoms with van der Waals surface area (Å²) in [6.07, 6.45) is 0. The molecule has 0 saturated heterocycles. The molecule has 108 valence electrons. The van der Waals surface area contributed by atoms with Crippen LogP contribution >= 0.6 is 27.3 Å². The van der Waals surface area contributed by atoms with Crippen molar-refractivity contribution in [1.82, 2.24) is 0 Å². The molecule has 1 unspecified atom stereocenters.